The number of aromatic nitrogens is 3. The molecule has 0 spiro atoms. The van der Waals surface area contributed by atoms with E-state index in [-0.39, 0.29) is 16.8 Å². The second-order valence-electron chi connectivity index (χ2n) is 6.43. The minimum Gasteiger partial charge on any atom is -0.338 e. The molecule has 1 fully saturated rings. The third-order valence-corrected chi connectivity index (χ3v) is 5.15. The van der Waals surface area contributed by atoms with Gasteiger partial charge in [-0.05, 0) is 43.7 Å². The monoisotopic (exact) mass is 372 g/mol. The maximum atomic E-state index is 13.3. The van der Waals surface area contributed by atoms with Gasteiger partial charge in [0.15, 0.2) is 5.65 Å². The van der Waals surface area contributed by atoms with Crippen molar-refractivity contribution in [2.75, 3.05) is 13.1 Å². The molecule has 4 rings (SSSR count). The standard InChI is InChI=1S/C19H18ClFN4O/c1-2-25-17(23-16-4-3-8-22-18(16)25)13-7-9-24(11-13)19(26)12-5-6-15(21)14(20)10-12/h3-6,8,10,13H,2,7,9,11H2,1H3/t13-/m0/s1. The number of halogens is 2. The molecule has 0 radical (unpaired) electrons. The van der Waals surface area contributed by atoms with Crippen molar-refractivity contribution in [1.29, 1.82) is 0 Å². The van der Waals surface area contributed by atoms with Gasteiger partial charge in [-0.15, -0.1) is 0 Å². The third-order valence-electron chi connectivity index (χ3n) is 4.86. The lowest BCUT2D eigenvalue weighted by Gasteiger charge is -2.17. The summed E-state index contributed by atoms with van der Waals surface area (Å²) >= 11 is 5.81. The number of fused-ring (bicyclic) bond motifs is 1. The Morgan fingerprint density at radius 3 is 3.00 bits per heavy atom. The van der Waals surface area contributed by atoms with Gasteiger partial charge in [0.25, 0.3) is 5.91 Å². The molecular formula is C19H18ClFN4O. The number of amides is 1. The average molecular weight is 373 g/mol. The number of hydrogen-bond acceptors (Lipinski definition) is 3. The first-order valence-electron chi connectivity index (χ1n) is 8.64. The fourth-order valence-electron chi connectivity index (χ4n) is 3.57. The first-order chi connectivity index (χ1) is 12.6. The number of likely N-dealkylation sites (tertiary alicyclic amines) is 1. The minimum absolute atomic E-state index is 0.0366. The summed E-state index contributed by atoms with van der Waals surface area (Å²) in [5.41, 5.74) is 2.15. The number of hydrogen-bond donors (Lipinski definition) is 0. The van der Waals surface area contributed by atoms with E-state index in [0.717, 1.165) is 30.0 Å². The maximum Gasteiger partial charge on any atom is 0.253 e. The Balaban J connectivity index is 1.59. The summed E-state index contributed by atoms with van der Waals surface area (Å²) < 4.78 is 15.4. The molecule has 1 aliphatic heterocycles. The minimum atomic E-state index is -0.522. The summed E-state index contributed by atoms with van der Waals surface area (Å²) in [5.74, 6) is 0.469. The quantitative estimate of drug-likeness (QED) is 0.701. The molecule has 134 valence electrons. The van der Waals surface area contributed by atoms with E-state index in [1.807, 2.05) is 12.1 Å². The molecule has 0 bridgehead atoms. The topological polar surface area (TPSA) is 51.0 Å². The molecule has 26 heavy (non-hydrogen) atoms. The Bertz CT molecular complexity index is 987. The normalized spacial score (nSPS) is 17.2. The number of aryl methyl sites for hydroxylation is 1. The van der Waals surface area contributed by atoms with E-state index in [0.29, 0.717) is 18.7 Å². The Morgan fingerprint density at radius 2 is 2.23 bits per heavy atom. The number of carbonyl (C=O) groups is 1. The molecule has 0 unspecified atom stereocenters. The molecule has 0 saturated carbocycles. The third kappa shape index (κ3) is 2.84. The second kappa shape index (κ2) is 6.68. The largest absolute Gasteiger partial charge is 0.338 e. The van der Waals surface area contributed by atoms with Crippen molar-refractivity contribution in [3.63, 3.8) is 0 Å². The highest BCUT2D eigenvalue weighted by Gasteiger charge is 2.31. The van der Waals surface area contributed by atoms with Gasteiger partial charge in [-0.25, -0.2) is 14.4 Å². The lowest BCUT2D eigenvalue weighted by molar-refractivity contribution is 0.0790. The molecule has 1 aliphatic rings. The molecular weight excluding hydrogens is 355 g/mol. The van der Waals surface area contributed by atoms with E-state index in [1.54, 1.807) is 11.1 Å². The van der Waals surface area contributed by atoms with Crippen molar-refractivity contribution in [1.82, 2.24) is 19.4 Å². The molecule has 1 saturated heterocycles. The van der Waals surface area contributed by atoms with Crippen LogP contribution in [0.25, 0.3) is 11.2 Å². The van der Waals surface area contributed by atoms with Crippen molar-refractivity contribution in [2.45, 2.75) is 25.8 Å². The van der Waals surface area contributed by atoms with Crippen LogP contribution in [0.5, 0.6) is 0 Å². The zero-order chi connectivity index (χ0) is 18.3. The Hall–Kier alpha value is -2.47. The molecule has 1 aromatic carbocycles. The van der Waals surface area contributed by atoms with Crippen LogP contribution in [0.15, 0.2) is 36.5 Å². The highest BCUT2D eigenvalue weighted by Crippen LogP contribution is 2.30. The lowest BCUT2D eigenvalue weighted by atomic mass is 10.1. The van der Waals surface area contributed by atoms with Gasteiger partial charge < -0.3 is 9.47 Å². The fourth-order valence-corrected chi connectivity index (χ4v) is 3.75. The molecule has 1 atom stereocenters. The Morgan fingerprint density at radius 1 is 1.38 bits per heavy atom. The van der Waals surface area contributed by atoms with Crippen molar-refractivity contribution >= 4 is 28.7 Å². The average Bonchev–Trinajstić information content (AvgIpc) is 3.27. The van der Waals surface area contributed by atoms with E-state index in [9.17, 15) is 9.18 Å². The fraction of sp³-hybridized carbons (Fsp3) is 0.316. The smallest absolute Gasteiger partial charge is 0.253 e. The molecule has 5 nitrogen and oxygen atoms in total. The van der Waals surface area contributed by atoms with E-state index >= 15 is 0 Å². The molecule has 2 aromatic heterocycles. The van der Waals surface area contributed by atoms with Crippen LogP contribution in [0.2, 0.25) is 5.02 Å². The lowest BCUT2D eigenvalue weighted by Crippen LogP contribution is -2.28. The number of imidazole rings is 1. The Kier molecular flexibility index (Phi) is 4.36. The predicted octanol–water partition coefficient (Wildman–Crippen LogP) is 3.87. The van der Waals surface area contributed by atoms with Gasteiger partial charge in [0.2, 0.25) is 0 Å². The summed E-state index contributed by atoms with van der Waals surface area (Å²) in [6.07, 6.45) is 2.60. The Labute approximate surface area is 155 Å². The summed E-state index contributed by atoms with van der Waals surface area (Å²) in [6.45, 7) is 4.06. The van der Waals surface area contributed by atoms with Gasteiger partial charge in [0.1, 0.15) is 17.2 Å². The number of pyridine rings is 1. The van der Waals surface area contributed by atoms with Crippen molar-refractivity contribution in [3.05, 3.63) is 58.8 Å². The van der Waals surface area contributed by atoms with Gasteiger partial charge in [-0.1, -0.05) is 11.6 Å². The second-order valence-corrected chi connectivity index (χ2v) is 6.83. The van der Waals surface area contributed by atoms with Crippen LogP contribution in [0.4, 0.5) is 4.39 Å². The highest BCUT2D eigenvalue weighted by atomic mass is 35.5. The van der Waals surface area contributed by atoms with Gasteiger partial charge in [0, 0.05) is 37.3 Å². The molecule has 0 aliphatic carbocycles. The maximum absolute atomic E-state index is 13.3. The van der Waals surface area contributed by atoms with Gasteiger partial charge >= 0.3 is 0 Å². The predicted molar refractivity (Wildman–Crippen MR) is 97.9 cm³/mol. The number of carbonyl (C=O) groups excluding carboxylic acids is 1. The molecule has 3 aromatic rings. The van der Waals surface area contributed by atoms with Crippen LogP contribution in [0.1, 0.15) is 35.4 Å². The van der Waals surface area contributed by atoms with Crippen LogP contribution in [-0.4, -0.2) is 38.4 Å². The van der Waals surface area contributed by atoms with E-state index in [1.165, 1.54) is 18.2 Å². The van der Waals surface area contributed by atoms with Crippen molar-refractivity contribution < 1.29 is 9.18 Å². The van der Waals surface area contributed by atoms with E-state index in [2.05, 4.69) is 16.5 Å². The molecule has 0 N–H and O–H groups in total. The number of rotatable bonds is 3. The van der Waals surface area contributed by atoms with Gasteiger partial charge in [-0.2, -0.15) is 0 Å². The zero-order valence-corrected chi connectivity index (χ0v) is 15.1. The molecule has 7 heteroatoms. The van der Waals surface area contributed by atoms with Gasteiger partial charge in [-0.3, -0.25) is 4.79 Å². The highest BCUT2D eigenvalue weighted by molar-refractivity contribution is 6.31. The van der Waals surface area contributed by atoms with Crippen LogP contribution >= 0.6 is 11.6 Å². The van der Waals surface area contributed by atoms with E-state index in [4.69, 9.17) is 16.6 Å². The summed E-state index contributed by atoms with van der Waals surface area (Å²) in [4.78, 5) is 23.7. The first kappa shape index (κ1) is 17.0. The van der Waals surface area contributed by atoms with Crippen molar-refractivity contribution in [2.24, 2.45) is 0 Å². The number of nitrogens with zero attached hydrogens (tertiary/aromatic N) is 4. The van der Waals surface area contributed by atoms with Crippen LogP contribution in [0, 0.1) is 5.82 Å². The summed E-state index contributed by atoms with van der Waals surface area (Å²) in [7, 11) is 0. The van der Waals surface area contributed by atoms with Crippen LogP contribution in [0.3, 0.4) is 0 Å². The SMILES string of the molecule is CCn1c([C@H]2CCN(C(=O)c3ccc(F)c(Cl)c3)C2)nc2cccnc21. The summed E-state index contributed by atoms with van der Waals surface area (Å²) in [5, 5.41) is -0.0366. The molecule has 1 amide bonds. The number of benzene rings is 1. The zero-order valence-electron chi connectivity index (χ0n) is 14.3. The van der Waals surface area contributed by atoms with Crippen LogP contribution < -0.4 is 0 Å². The first-order valence-corrected chi connectivity index (χ1v) is 9.01. The van der Waals surface area contributed by atoms with E-state index < -0.39 is 5.82 Å². The summed E-state index contributed by atoms with van der Waals surface area (Å²) in [6, 6.07) is 7.92. The van der Waals surface area contributed by atoms with Crippen molar-refractivity contribution in [3.8, 4) is 0 Å². The van der Waals surface area contributed by atoms with Gasteiger partial charge in [0.05, 0.1) is 5.02 Å². The van der Waals surface area contributed by atoms with Crippen LogP contribution in [-0.2, 0) is 6.54 Å². The molecule has 3 heterocycles.